The molecule has 1 spiro atoms. The van der Waals surface area contributed by atoms with Crippen molar-refractivity contribution in [1.29, 1.82) is 0 Å². The molecule has 192 valence electrons. The van der Waals surface area contributed by atoms with Gasteiger partial charge in [0.25, 0.3) is 5.91 Å². The van der Waals surface area contributed by atoms with Crippen LogP contribution in [0.15, 0.2) is 24.3 Å². The molecule has 1 N–H and O–H groups in total. The Balaban J connectivity index is 1.52. The summed E-state index contributed by atoms with van der Waals surface area (Å²) >= 11 is 0. The predicted octanol–water partition coefficient (Wildman–Crippen LogP) is 2.89. The number of piperidine rings is 1. The molecule has 3 aliphatic rings. The van der Waals surface area contributed by atoms with Crippen molar-refractivity contribution in [3.05, 3.63) is 35.4 Å². The van der Waals surface area contributed by atoms with E-state index in [1.54, 1.807) is 11.0 Å². The summed E-state index contributed by atoms with van der Waals surface area (Å²) in [7, 11) is 0. The van der Waals surface area contributed by atoms with Gasteiger partial charge in [-0.25, -0.2) is 0 Å². The van der Waals surface area contributed by atoms with E-state index in [4.69, 9.17) is 9.47 Å². The number of rotatable bonds is 5. The second-order valence-electron chi connectivity index (χ2n) is 11.3. The Morgan fingerprint density at radius 2 is 1.91 bits per heavy atom. The highest BCUT2D eigenvalue weighted by molar-refractivity contribution is 5.98. The summed E-state index contributed by atoms with van der Waals surface area (Å²) in [4.78, 5) is 43.4. The van der Waals surface area contributed by atoms with Gasteiger partial charge in [-0.1, -0.05) is 38.5 Å². The van der Waals surface area contributed by atoms with Crippen molar-refractivity contribution in [1.82, 2.24) is 15.1 Å². The summed E-state index contributed by atoms with van der Waals surface area (Å²) in [5.41, 5.74) is 0.533. The van der Waals surface area contributed by atoms with Gasteiger partial charge >= 0.3 is 0 Å². The molecular weight excluding hydrogens is 446 g/mol. The minimum absolute atomic E-state index is 0.0215. The van der Waals surface area contributed by atoms with Gasteiger partial charge in [0.2, 0.25) is 11.8 Å². The fraction of sp³-hybridized carbons (Fsp3) is 0.667. The molecule has 3 saturated heterocycles. The standard InChI is InChI=1S/C27H39N3O5/c1-19-7-5-8-20(15-19)25(33)30-22(24(32)28-17-21-9-6-14-34-21)18-35-27(30)10-12-29(13-11-27)23(31)16-26(2,3)4/h5,7-8,15,21-22H,6,9-14,16-18H2,1-4H3,(H,28,32). The number of carbonyl (C=O) groups is 3. The van der Waals surface area contributed by atoms with Gasteiger partial charge in [-0.2, -0.15) is 0 Å². The van der Waals surface area contributed by atoms with Gasteiger partial charge in [0.05, 0.1) is 12.7 Å². The summed E-state index contributed by atoms with van der Waals surface area (Å²) < 4.78 is 11.9. The number of amides is 3. The van der Waals surface area contributed by atoms with E-state index in [-0.39, 0.29) is 35.8 Å². The minimum Gasteiger partial charge on any atom is -0.376 e. The normalized spacial score (nSPS) is 24.1. The first-order valence-electron chi connectivity index (χ1n) is 12.8. The van der Waals surface area contributed by atoms with Crippen LogP contribution >= 0.6 is 0 Å². The lowest BCUT2D eigenvalue weighted by molar-refractivity contribution is -0.145. The molecule has 2 atom stereocenters. The lowest BCUT2D eigenvalue weighted by atomic mass is 9.90. The molecule has 4 rings (SSSR count). The zero-order valence-corrected chi connectivity index (χ0v) is 21.5. The van der Waals surface area contributed by atoms with E-state index in [9.17, 15) is 14.4 Å². The Bertz CT molecular complexity index is 942. The summed E-state index contributed by atoms with van der Waals surface area (Å²) in [6.45, 7) is 10.4. The molecular formula is C27H39N3O5. The Kier molecular flexibility index (Phi) is 7.52. The van der Waals surface area contributed by atoms with Crippen LogP contribution in [0.3, 0.4) is 0 Å². The molecule has 3 heterocycles. The maximum Gasteiger partial charge on any atom is 0.256 e. The molecule has 0 saturated carbocycles. The van der Waals surface area contributed by atoms with Crippen LogP contribution in [0.2, 0.25) is 0 Å². The fourth-order valence-corrected chi connectivity index (χ4v) is 5.29. The van der Waals surface area contributed by atoms with Crippen LogP contribution in [0, 0.1) is 12.3 Å². The molecule has 3 amide bonds. The topological polar surface area (TPSA) is 88.2 Å². The predicted molar refractivity (Wildman–Crippen MR) is 132 cm³/mol. The first kappa shape index (κ1) is 25.6. The van der Waals surface area contributed by atoms with Gasteiger partial charge in [0.1, 0.15) is 11.8 Å². The Labute approximate surface area is 208 Å². The highest BCUT2D eigenvalue weighted by Gasteiger charge is 2.54. The van der Waals surface area contributed by atoms with Crippen molar-refractivity contribution >= 4 is 17.7 Å². The van der Waals surface area contributed by atoms with E-state index in [0.717, 1.165) is 25.0 Å². The van der Waals surface area contributed by atoms with Crippen molar-refractivity contribution in [2.24, 2.45) is 5.41 Å². The van der Waals surface area contributed by atoms with Crippen molar-refractivity contribution in [2.75, 3.05) is 32.8 Å². The molecule has 0 bridgehead atoms. The van der Waals surface area contributed by atoms with Gasteiger partial charge in [-0.05, 0) is 37.3 Å². The summed E-state index contributed by atoms with van der Waals surface area (Å²) in [5, 5.41) is 2.99. The molecule has 0 aliphatic carbocycles. The highest BCUT2D eigenvalue weighted by atomic mass is 16.5. The summed E-state index contributed by atoms with van der Waals surface area (Å²) in [6.07, 6.45) is 3.38. The number of benzene rings is 1. The van der Waals surface area contributed by atoms with Gasteiger partial charge in [0, 0.05) is 51.1 Å². The van der Waals surface area contributed by atoms with Crippen LogP contribution in [0.1, 0.15) is 68.8 Å². The molecule has 1 aromatic carbocycles. The maximum atomic E-state index is 13.8. The van der Waals surface area contributed by atoms with Crippen molar-refractivity contribution in [3.63, 3.8) is 0 Å². The third-order valence-electron chi connectivity index (χ3n) is 7.15. The Hall–Kier alpha value is -2.45. The van der Waals surface area contributed by atoms with Gasteiger partial charge in [-0.3, -0.25) is 19.3 Å². The number of hydrogen-bond acceptors (Lipinski definition) is 5. The molecule has 8 nitrogen and oxygen atoms in total. The average Bonchev–Trinajstić information content (AvgIpc) is 3.45. The minimum atomic E-state index is -0.898. The van der Waals surface area contributed by atoms with Crippen molar-refractivity contribution in [2.45, 2.75) is 77.7 Å². The number of likely N-dealkylation sites (tertiary alicyclic amines) is 1. The summed E-state index contributed by atoms with van der Waals surface area (Å²) in [5.74, 6) is -0.310. The van der Waals surface area contributed by atoms with E-state index < -0.39 is 11.8 Å². The van der Waals surface area contributed by atoms with E-state index in [0.29, 0.717) is 44.5 Å². The summed E-state index contributed by atoms with van der Waals surface area (Å²) in [6, 6.07) is 6.70. The van der Waals surface area contributed by atoms with Crippen LogP contribution in [-0.2, 0) is 19.1 Å². The van der Waals surface area contributed by atoms with E-state index in [1.165, 1.54) is 0 Å². The molecule has 0 radical (unpaired) electrons. The smallest absolute Gasteiger partial charge is 0.256 e. The third kappa shape index (κ3) is 5.86. The average molecular weight is 486 g/mol. The highest BCUT2D eigenvalue weighted by Crippen LogP contribution is 2.39. The first-order chi connectivity index (χ1) is 16.6. The number of hydrogen-bond donors (Lipinski definition) is 1. The fourth-order valence-electron chi connectivity index (χ4n) is 5.29. The Morgan fingerprint density at radius 1 is 1.17 bits per heavy atom. The zero-order chi connectivity index (χ0) is 25.2. The molecule has 3 aliphatic heterocycles. The van der Waals surface area contributed by atoms with Crippen LogP contribution in [0.4, 0.5) is 0 Å². The second-order valence-corrected chi connectivity index (χ2v) is 11.3. The molecule has 3 fully saturated rings. The SMILES string of the molecule is Cc1cccc(C(=O)N2C(C(=O)NCC3CCCO3)COC23CCN(C(=O)CC(C)(C)C)CC3)c1. The van der Waals surface area contributed by atoms with Gasteiger partial charge in [0.15, 0.2) is 0 Å². The lowest BCUT2D eigenvalue weighted by Gasteiger charge is -2.45. The monoisotopic (exact) mass is 485 g/mol. The molecule has 1 aromatic rings. The van der Waals surface area contributed by atoms with E-state index in [1.807, 2.05) is 30.0 Å². The quantitative estimate of drug-likeness (QED) is 0.693. The number of carbonyl (C=O) groups excluding carboxylic acids is 3. The van der Waals surface area contributed by atoms with Gasteiger partial charge in [-0.15, -0.1) is 0 Å². The van der Waals surface area contributed by atoms with Crippen LogP contribution < -0.4 is 5.32 Å². The van der Waals surface area contributed by atoms with Gasteiger partial charge < -0.3 is 19.7 Å². The van der Waals surface area contributed by atoms with Crippen LogP contribution in [-0.4, -0.2) is 78.2 Å². The molecule has 0 aromatic heterocycles. The number of nitrogens with zero attached hydrogens (tertiary/aromatic N) is 2. The largest absolute Gasteiger partial charge is 0.376 e. The third-order valence-corrected chi connectivity index (χ3v) is 7.15. The van der Waals surface area contributed by atoms with Crippen molar-refractivity contribution in [3.8, 4) is 0 Å². The Morgan fingerprint density at radius 3 is 2.54 bits per heavy atom. The number of aryl methyl sites for hydroxylation is 1. The number of nitrogens with one attached hydrogen (secondary N) is 1. The van der Waals surface area contributed by atoms with E-state index in [2.05, 4.69) is 26.1 Å². The number of ether oxygens (including phenoxy) is 2. The maximum absolute atomic E-state index is 13.8. The molecule has 35 heavy (non-hydrogen) atoms. The molecule has 8 heteroatoms. The molecule has 2 unspecified atom stereocenters. The second kappa shape index (κ2) is 10.3. The van der Waals surface area contributed by atoms with Crippen LogP contribution in [0.25, 0.3) is 0 Å². The first-order valence-corrected chi connectivity index (χ1v) is 12.8. The van der Waals surface area contributed by atoms with Crippen LogP contribution in [0.5, 0.6) is 0 Å². The lowest BCUT2D eigenvalue weighted by Crippen LogP contribution is -2.60. The zero-order valence-electron chi connectivity index (χ0n) is 21.5. The van der Waals surface area contributed by atoms with Crippen molar-refractivity contribution < 1.29 is 23.9 Å². The van der Waals surface area contributed by atoms with E-state index >= 15 is 0 Å².